The van der Waals surface area contributed by atoms with Crippen molar-refractivity contribution in [2.45, 2.75) is 231 Å². The maximum Gasteiger partial charge on any atom is 1.00 e. The molecule has 8 bridgehead atoms. The van der Waals surface area contributed by atoms with E-state index in [9.17, 15) is 0 Å². The fourth-order valence-electron chi connectivity index (χ4n) is 14.6. The van der Waals surface area contributed by atoms with Crippen LogP contribution in [0.3, 0.4) is 0 Å². The predicted octanol–water partition coefficient (Wildman–Crippen LogP) is 4.73. The molecule has 0 aromatic carbocycles. The minimum absolute atomic E-state index is 0. The third-order valence-corrected chi connectivity index (χ3v) is 17.7. The van der Waals surface area contributed by atoms with Gasteiger partial charge in [0.25, 0.3) is 0 Å². The quantitative estimate of drug-likeness (QED) is 0.106. The van der Waals surface area contributed by atoms with E-state index in [0.29, 0.717) is 49.3 Å². The summed E-state index contributed by atoms with van der Waals surface area (Å²) in [6, 6.07) is 0. The molecule has 330 valence electrons. The van der Waals surface area contributed by atoms with Gasteiger partial charge in [0.15, 0.2) is 0 Å². The molecule has 0 amide bonds. The van der Waals surface area contributed by atoms with Crippen molar-refractivity contribution in [1.29, 1.82) is 0 Å². The van der Waals surface area contributed by atoms with Crippen LogP contribution in [0, 0.1) is 47.3 Å². The van der Waals surface area contributed by atoms with Gasteiger partial charge >= 0.3 is 18.9 Å². The molecule has 4 aliphatic carbocycles. The topological polar surface area (TPSA) is 96.2 Å². The predicted molar refractivity (Wildman–Crippen MR) is 238 cm³/mol. The van der Waals surface area contributed by atoms with Gasteiger partial charge in [-0.1, -0.05) is 105 Å². The average molecular weight is 803 g/mol. The van der Waals surface area contributed by atoms with Crippen molar-refractivity contribution in [3.8, 4) is 0 Å². The minimum atomic E-state index is 0. The van der Waals surface area contributed by atoms with Gasteiger partial charge in [-0.25, -0.2) is 0 Å². The fourth-order valence-corrected chi connectivity index (χ4v) is 14.6. The molecule has 9 nitrogen and oxygen atoms in total. The van der Waals surface area contributed by atoms with Gasteiger partial charge in [-0.05, 0) is 124 Å². The molecule has 0 spiro atoms. The summed E-state index contributed by atoms with van der Waals surface area (Å²) in [4.78, 5) is 0. The molecule has 8 unspecified atom stereocenters. The summed E-state index contributed by atoms with van der Waals surface area (Å²) in [5.74, 6) is 5.97. The number of hydrogen-bond donors (Lipinski definition) is 8. The van der Waals surface area contributed by atoms with E-state index in [-0.39, 0.29) is 20.3 Å². The van der Waals surface area contributed by atoms with Gasteiger partial charge < -0.3 is 5.91 Å². The van der Waals surface area contributed by atoms with Crippen LogP contribution >= 0.6 is 0 Å². The SMILES string of the molecule is C1CCC2C3NC(NC4NC(NC5NC(NC6NC(N3)C3CCCCC63)C3CCCCC53)C3CCCCC43)C2C1.CCCC[N+](CCCC)(CCCC)CCCC.[H-].[Li+]. The average Bonchev–Trinajstić information content (AvgIpc) is 3.99. The van der Waals surface area contributed by atoms with Gasteiger partial charge in [0.05, 0.1) is 75.5 Å². The van der Waals surface area contributed by atoms with Crippen molar-refractivity contribution < 1.29 is 24.8 Å². The zero-order valence-corrected chi connectivity index (χ0v) is 38.5. The number of nitrogens with zero attached hydrogens (tertiary/aromatic N) is 1. The summed E-state index contributed by atoms with van der Waals surface area (Å²) in [6.45, 7) is 15.0. The summed E-state index contributed by atoms with van der Waals surface area (Å²) in [5, 5.41) is 33.8. The van der Waals surface area contributed by atoms with Crippen molar-refractivity contribution in [3.63, 3.8) is 0 Å². The Kier molecular flexibility index (Phi) is 17.7. The van der Waals surface area contributed by atoms with Crippen LogP contribution < -0.4 is 61.4 Å². The first kappa shape index (κ1) is 46.2. The van der Waals surface area contributed by atoms with Gasteiger partial charge in [0.2, 0.25) is 0 Å². The van der Waals surface area contributed by atoms with Crippen molar-refractivity contribution >= 4 is 0 Å². The molecule has 0 radical (unpaired) electrons. The van der Waals surface area contributed by atoms with Crippen molar-refractivity contribution in [3.05, 3.63) is 0 Å². The van der Waals surface area contributed by atoms with Crippen molar-refractivity contribution in [2.24, 2.45) is 47.3 Å². The molecule has 0 aromatic rings. The molecular weight excluding hydrogens is 710 g/mol. The van der Waals surface area contributed by atoms with Crippen molar-refractivity contribution in [2.75, 3.05) is 26.2 Å². The van der Waals surface area contributed by atoms with Crippen LogP contribution in [0.5, 0.6) is 0 Å². The Morgan fingerprint density at radius 2 is 0.466 bits per heavy atom. The molecule has 9 aliphatic rings. The van der Waals surface area contributed by atoms with E-state index in [1.54, 1.807) is 0 Å². The van der Waals surface area contributed by atoms with E-state index in [1.165, 1.54) is 185 Å². The minimum Gasteiger partial charge on any atom is -1.00 e. The normalized spacial score (nSPS) is 43.2. The second-order valence-corrected chi connectivity index (χ2v) is 21.3. The molecule has 5 saturated heterocycles. The maximum absolute atomic E-state index is 4.26. The van der Waals surface area contributed by atoms with Gasteiger partial charge in [0.1, 0.15) is 0 Å². The summed E-state index contributed by atoms with van der Waals surface area (Å²) in [7, 11) is 0. The first-order valence-corrected chi connectivity index (χ1v) is 26.0. The number of unbranched alkanes of at least 4 members (excludes halogenated alkanes) is 4. The molecule has 10 heteroatoms. The molecule has 9 fully saturated rings. The number of fused-ring (bicyclic) bond motifs is 20. The Bertz CT molecular complexity index is 971. The van der Waals surface area contributed by atoms with Crippen molar-refractivity contribution in [1.82, 2.24) is 42.5 Å². The van der Waals surface area contributed by atoms with Crippen LogP contribution in [-0.2, 0) is 0 Å². The molecule has 4 saturated carbocycles. The van der Waals surface area contributed by atoms with E-state index < -0.39 is 0 Å². The molecule has 0 aromatic heterocycles. The Hall–Kier alpha value is 0.237. The van der Waals surface area contributed by atoms with E-state index in [1.807, 2.05) is 0 Å². The van der Waals surface area contributed by atoms with Crippen LogP contribution in [0.15, 0.2) is 0 Å². The number of rotatable bonds is 12. The monoisotopic (exact) mass is 803 g/mol. The maximum atomic E-state index is 4.26. The van der Waals surface area contributed by atoms with Gasteiger partial charge in [-0.3, -0.25) is 42.5 Å². The first-order chi connectivity index (χ1) is 28.0. The van der Waals surface area contributed by atoms with Crippen LogP contribution in [0.1, 0.15) is 183 Å². The van der Waals surface area contributed by atoms with E-state index in [4.69, 9.17) is 0 Å². The second-order valence-electron chi connectivity index (χ2n) is 21.3. The standard InChI is InChI=1S/C32H56N8.C16H36N.Li.H/c1-2-10-18-17(9-1)25-33-26(18)38-28-21-13-5-6-14-22(21)30(35-28)40-32-24-16-8-7-15-23(24)31(36-32)39-29-20-12-4-3-11-19(20)27(34-29)37-25;1-5-9-13-17(14-10-6-2,15-11-7-3)16-12-8-4;;/h17-40H,1-16H2;5-16H2,1-4H3;;/q;2*+1;-1. The summed E-state index contributed by atoms with van der Waals surface area (Å²) in [5.41, 5.74) is 0. The zero-order chi connectivity index (χ0) is 39.2. The number of hydrogen-bond acceptors (Lipinski definition) is 8. The van der Waals surface area contributed by atoms with Gasteiger partial charge in [-0.15, -0.1) is 0 Å². The summed E-state index contributed by atoms with van der Waals surface area (Å²) in [6.07, 6.45) is 36.6. The van der Waals surface area contributed by atoms with E-state index in [0.717, 1.165) is 47.3 Å². The molecule has 5 heterocycles. The van der Waals surface area contributed by atoms with Gasteiger partial charge in [-0.2, -0.15) is 0 Å². The molecule has 5 aliphatic heterocycles. The van der Waals surface area contributed by atoms with E-state index in [2.05, 4.69) is 70.2 Å². The first-order valence-electron chi connectivity index (χ1n) is 26.0. The summed E-state index contributed by atoms with van der Waals surface area (Å²) < 4.78 is 1.42. The number of nitrogens with one attached hydrogen (secondary N) is 8. The molecule has 58 heavy (non-hydrogen) atoms. The van der Waals surface area contributed by atoms with Crippen LogP contribution in [0.2, 0.25) is 0 Å². The molecule has 9 rings (SSSR count). The third-order valence-electron chi connectivity index (χ3n) is 17.7. The zero-order valence-electron chi connectivity index (χ0n) is 39.5. The van der Waals surface area contributed by atoms with Crippen LogP contribution in [0.4, 0.5) is 0 Å². The third kappa shape index (κ3) is 10.4. The Labute approximate surface area is 370 Å². The molecule has 8 atom stereocenters. The fraction of sp³-hybridized carbons (Fsp3) is 1.00. The van der Waals surface area contributed by atoms with Crippen LogP contribution in [-0.4, -0.2) is 80.0 Å². The smallest absolute Gasteiger partial charge is 1.00 e. The van der Waals surface area contributed by atoms with Gasteiger partial charge in [0, 0.05) is 0 Å². The molecule has 8 N–H and O–H groups in total. The largest absolute Gasteiger partial charge is 1.00 e. The van der Waals surface area contributed by atoms with E-state index >= 15 is 0 Å². The summed E-state index contributed by atoms with van der Waals surface area (Å²) >= 11 is 0. The van der Waals surface area contributed by atoms with Crippen LogP contribution in [0.25, 0.3) is 0 Å². The Morgan fingerprint density at radius 1 is 0.310 bits per heavy atom. The molecular formula is C48H93LiN9+. The second kappa shape index (κ2) is 22.2. The Morgan fingerprint density at radius 3 is 0.603 bits per heavy atom. The Balaban J connectivity index is 0.000000266. The number of quaternary nitrogens is 1.